The van der Waals surface area contributed by atoms with Crippen LogP contribution in [-0.4, -0.2) is 14.8 Å². The number of hydrogen-bond acceptors (Lipinski definition) is 4. The Morgan fingerprint density at radius 1 is 1.53 bits per heavy atom. The number of nitrogens with one attached hydrogen (secondary N) is 1. The van der Waals surface area contributed by atoms with Crippen molar-refractivity contribution in [2.75, 3.05) is 0 Å². The van der Waals surface area contributed by atoms with E-state index in [4.69, 9.17) is 5.84 Å². The number of benzene rings is 1. The minimum atomic E-state index is -0.296. The number of rotatable bonds is 5. The van der Waals surface area contributed by atoms with Gasteiger partial charge in [0.2, 0.25) is 0 Å². The average molecular weight is 328 g/mol. The maximum Gasteiger partial charge on any atom is 0.138 e. The van der Waals surface area contributed by atoms with Crippen LogP contribution in [0.1, 0.15) is 24.4 Å². The van der Waals surface area contributed by atoms with E-state index in [-0.39, 0.29) is 11.9 Å². The number of nitrogens with zero attached hydrogens (tertiary/aromatic N) is 3. The van der Waals surface area contributed by atoms with Crippen LogP contribution in [0.2, 0.25) is 0 Å². The number of hydrogen-bond donors (Lipinski definition) is 2. The summed E-state index contributed by atoms with van der Waals surface area (Å²) < 4.78 is 15.9. The van der Waals surface area contributed by atoms with Crippen LogP contribution < -0.4 is 11.3 Å². The van der Waals surface area contributed by atoms with Crippen molar-refractivity contribution >= 4 is 15.9 Å². The zero-order valence-electron chi connectivity index (χ0n) is 10.5. The molecule has 7 heteroatoms. The molecule has 0 amide bonds. The van der Waals surface area contributed by atoms with E-state index < -0.39 is 0 Å². The first kappa shape index (κ1) is 14.1. The molecule has 1 atom stereocenters. The van der Waals surface area contributed by atoms with Crippen molar-refractivity contribution in [2.24, 2.45) is 5.84 Å². The van der Waals surface area contributed by atoms with E-state index >= 15 is 0 Å². The lowest BCUT2D eigenvalue weighted by atomic mass is 10.0. The molecule has 3 N–H and O–H groups in total. The number of aromatic nitrogens is 3. The van der Waals surface area contributed by atoms with Crippen molar-refractivity contribution in [2.45, 2.75) is 25.9 Å². The molecule has 0 saturated heterocycles. The summed E-state index contributed by atoms with van der Waals surface area (Å²) in [5.41, 5.74) is 3.46. The lowest BCUT2D eigenvalue weighted by Crippen LogP contribution is -2.30. The highest BCUT2D eigenvalue weighted by molar-refractivity contribution is 9.10. The number of aryl methyl sites for hydroxylation is 1. The van der Waals surface area contributed by atoms with Gasteiger partial charge in [-0.3, -0.25) is 16.0 Å². The van der Waals surface area contributed by atoms with Crippen LogP contribution in [0.3, 0.4) is 0 Å². The zero-order valence-corrected chi connectivity index (χ0v) is 12.1. The smallest absolute Gasteiger partial charge is 0.138 e. The predicted molar refractivity (Wildman–Crippen MR) is 73.6 cm³/mol. The van der Waals surface area contributed by atoms with Crippen molar-refractivity contribution in [3.63, 3.8) is 0 Å². The molecule has 2 rings (SSSR count). The molecule has 5 nitrogen and oxygen atoms in total. The fourth-order valence-electron chi connectivity index (χ4n) is 1.93. The van der Waals surface area contributed by atoms with Gasteiger partial charge in [0.25, 0.3) is 0 Å². The molecule has 0 saturated carbocycles. The number of hydrazine groups is 1. The van der Waals surface area contributed by atoms with Gasteiger partial charge in [0.1, 0.15) is 18.0 Å². The first-order valence-corrected chi connectivity index (χ1v) is 6.72. The van der Waals surface area contributed by atoms with Crippen LogP contribution in [0.25, 0.3) is 0 Å². The average Bonchev–Trinajstić information content (AvgIpc) is 2.86. The molecule has 0 fully saturated rings. The molecule has 0 aliphatic carbocycles. The summed E-state index contributed by atoms with van der Waals surface area (Å²) in [6.07, 6.45) is 2.04. The van der Waals surface area contributed by atoms with Gasteiger partial charge in [0, 0.05) is 17.4 Å². The van der Waals surface area contributed by atoms with Gasteiger partial charge < -0.3 is 0 Å². The van der Waals surface area contributed by atoms with Gasteiger partial charge in [-0.15, -0.1) is 0 Å². The molecule has 1 unspecified atom stereocenters. The molecule has 1 heterocycles. The molecule has 0 aliphatic heterocycles. The van der Waals surface area contributed by atoms with Gasteiger partial charge in [-0.2, -0.15) is 5.10 Å². The van der Waals surface area contributed by atoms with Gasteiger partial charge >= 0.3 is 0 Å². The normalized spacial score (nSPS) is 12.6. The van der Waals surface area contributed by atoms with Crippen molar-refractivity contribution in [1.29, 1.82) is 0 Å². The Bertz CT molecular complexity index is 557. The molecule has 2 aromatic rings. The van der Waals surface area contributed by atoms with E-state index in [0.717, 1.165) is 22.4 Å². The second-order valence-corrected chi connectivity index (χ2v) is 4.94. The van der Waals surface area contributed by atoms with E-state index in [1.165, 1.54) is 18.5 Å². The standard InChI is InChI=1S/C12H15BrFN5/c1-2-19-12(16-7-17-19)6-11(18-15)9-5-8(14)3-4-10(9)13/h3-5,7,11,18H,2,6,15H2,1H3. The third kappa shape index (κ3) is 3.17. The van der Waals surface area contributed by atoms with Crippen molar-refractivity contribution < 1.29 is 4.39 Å². The van der Waals surface area contributed by atoms with Crippen LogP contribution in [0.15, 0.2) is 29.0 Å². The van der Waals surface area contributed by atoms with E-state index in [1.54, 1.807) is 10.7 Å². The Kier molecular flexibility index (Phi) is 4.62. The minimum Gasteiger partial charge on any atom is -0.271 e. The fraction of sp³-hybridized carbons (Fsp3) is 0.333. The highest BCUT2D eigenvalue weighted by Crippen LogP contribution is 2.26. The van der Waals surface area contributed by atoms with Gasteiger partial charge in [-0.05, 0) is 30.7 Å². The van der Waals surface area contributed by atoms with E-state index in [2.05, 4.69) is 31.4 Å². The maximum absolute atomic E-state index is 13.3. The lowest BCUT2D eigenvalue weighted by Gasteiger charge is -2.17. The van der Waals surface area contributed by atoms with Gasteiger partial charge in [-0.1, -0.05) is 15.9 Å². The van der Waals surface area contributed by atoms with Crippen LogP contribution in [0, 0.1) is 5.82 Å². The van der Waals surface area contributed by atoms with Gasteiger partial charge in [0.15, 0.2) is 0 Å². The molecular weight excluding hydrogens is 313 g/mol. The highest BCUT2D eigenvalue weighted by Gasteiger charge is 2.17. The Morgan fingerprint density at radius 3 is 3.00 bits per heavy atom. The van der Waals surface area contributed by atoms with Crippen LogP contribution in [0.4, 0.5) is 4.39 Å². The molecule has 102 valence electrons. The summed E-state index contributed by atoms with van der Waals surface area (Å²) in [5, 5.41) is 4.11. The first-order chi connectivity index (χ1) is 9.15. The summed E-state index contributed by atoms with van der Waals surface area (Å²) in [5.74, 6) is 6.09. The molecule has 1 aromatic heterocycles. The van der Waals surface area contributed by atoms with Crippen molar-refractivity contribution in [3.05, 3.63) is 46.2 Å². The Balaban J connectivity index is 2.27. The summed E-state index contributed by atoms with van der Waals surface area (Å²) >= 11 is 3.41. The fourth-order valence-corrected chi connectivity index (χ4v) is 2.46. The Labute approximate surface area is 119 Å². The van der Waals surface area contributed by atoms with Gasteiger partial charge in [0.05, 0.1) is 6.04 Å². The second kappa shape index (κ2) is 6.23. The third-order valence-corrected chi connectivity index (χ3v) is 3.64. The van der Waals surface area contributed by atoms with E-state index in [1.807, 2.05) is 6.92 Å². The topological polar surface area (TPSA) is 68.8 Å². The zero-order chi connectivity index (χ0) is 13.8. The predicted octanol–water partition coefficient (Wildman–Crippen LogP) is 1.95. The summed E-state index contributed by atoms with van der Waals surface area (Å²) in [7, 11) is 0. The highest BCUT2D eigenvalue weighted by atomic mass is 79.9. The monoisotopic (exact) mass is 327 g/mol. The van der Waals surface area contributed by atoms with E-state index in [9.17, 15) is 4.39 Å². The molecule has 0 aliphatic rings. The molecule has 0 bridgehead atoms. The van der Waals surface area contributed by atoms with Crippen LogP contribution >= 0.6 is 15.9 Å². The molecule has 0 spiro atoms. The van der Waals surface area contributed by atoms with E-state index in [0.29, 0.717) is 6.42 Å². The minimum absolute atomic E-state index is 0.237. The molecular formula is C12H15BrFN5. The SMILES string of the molecule is CCn1ncnc1CC(NN)c1cc(F)ccc1Br. The quantitative estimate of drug-likeness (QED) is 0.650. The molecule has 19 heavy (non-hydrogen) atoms. The van der Waals surface area contributed by atoms with Crippen molar-refractivity contribution in [1.82, 2.24) is 20.2 Å². The van der Waals surface area contributed by atoms with Gasteiger partial charge in [-0.25, -0.2) is 9.37 Å². The first-order valence-electron chi connectivity index (χ1n) is 5.93. The largest absolute Gasteiger partial charge is 0.271 e. The molecule has 0 radical (unpaired) electrons. The van der Waals surface area contributed by atoms with Crippen LogP contribution in [0.5, 0.6) is 0 Å². The third-order valence-electron chi connectivity index (χ3n) is 2.92. The summed E-state index contributed by atoms with van der Waals surface area (Å²) in [6.45, 7) is 2.72. The number of nitrogens with two attached hydrogens (primary N) is 1. The van der Waals surface area contributed by atoms with Crippen LogP contribution in [-0.2, 0) is 13.0 Å². The lowest BCUT2D eigenvalue weighted by molar-refractivity contribution is 0.505. The Hall–Kier alpha value is -1.31. The van der Waals surface area contributed by atoms with Crippen molar-refractivity contribution in [3.8, 4) is 0 Å². The molecule has 1 aromatic carbocycles. The Morgan fingerprint density at radius 2 is 2.32 bits per heavy atom. The summed E-state index contributed by atoms with van der Waals surface area (Å²) in [6, 6.07) is 4.29. The number of halogens is 2. The summed E-state index contributed by atoms with van der Waals surface area (Å²) in [4.78, 5) is 4.20. The second-order valence-electron chi connectivity index (χ2n) is 4.08. The maximum atomic E-state index is 13.3.